The third kappa shape index (κ3) is 9.45. The monoisotopic (exact) mass is 812 g/mol. The minimum atomic E-state index is 0. The van der Waals surface area contributed by atoms with Crippen LogP contribution in [0.25, 0.3) is 31.9 Å². The van der Waals surface area contributed by atoms with E-state index in [-0.39, 0.29) is 48.9 Å². The molecule has 0 saturated heterocycles. The van der Waals surface area contributed by atoms with Crippen LogP contribution in [0.15, 0.2) is 48.4 Å². The molecule has 0 saturated carbocycles. The predicted molar refractivity (Wildman–Crippen MR) is 175 cm³/mol. The Morgan fingerprint density at radius 2 is 1.60 bits per heavy atom. The molecule has 4 nitrogen and oxygen atoms in total. The minimum Gasteiger partial charge on any atom is 0 e. The standard InChI is InChI=1S/C23H23N2Se.C13H24O2.Ir/c1-14-10-20(26-15(14)2)22-24-13-18-8-7-17-11-16(12-23(3,4)5)6-9-19(17)21(18)25-22;1-5-10(6-2)12(14)9-13(15)11(7-3)8-4;/h6-9,11,13H,12H2,1-5H3;9-11,14H,5-8H2,1-4H3;/q-1;;/b;12-9-;. The van der Waals surface area contributed by atoms with Gasteiger partial charge >= 0.3 is 161 Å². The second-order valence-corrected chi connectivity index (χ2v) is 14.8. The molecule has 0 aliphatic rings. The van der Waals surface area contributed by atoms with Gasteiger partial charge in [0.05, 0.1) is 5.76 Å². The number of carbonyl (C=O) groups is 1. The van der Waals surface area contributed by atoms with Crippen LogP contribution < -0.4 is 0 Å². The van der Waals surface area contributed by atoms with Crippen molar-refractivity contribution in [2.45, 2.75) is 94.4 Å². The smallest absolute Gasteiger partial charge is 0 e. The zero-order valence-corrected chi connectivity index (χ0v) is 30.8. The van der Waals surface area contributed by atoms with Gasteiger partial charge in [0, 0.05) is 38.0 Å². The van der Waals surface area contributed by atoms with Gasteiger partial charge in [0.25, 0.3) is 0 Å². The van der Waals surface area contributed by atoms with Crippen molar-refractivity contribution in [3.05, 3.63) is 70.0 Å². The summed E-state index contributed by atoms with van der Waals surface area (Å²) in [6.07, 6.45) is 7.93. The number of fused-ring (bicyclic) bond motifs is 3. The third-order valence-electron chi connectivity index (χ3n) is 7.73. The first-order valence-corrected chi connectivity index (χ1v) is 16.7. The summed E-state index contributed by atoms with van der Waals surface area (Å²) < 4.78 is 2.58. The van der Waals surface area contributed by atoms with Crippen molar-refractivity contribution in [3.63, 3.8) is 0 Å². The van der Waals surface area contributed by atoms with Crippen LogP contribution in [0.1, 0.15) is 89.7 Å². The fourth-order valence-electron chi connectivity index (χ4n) is 5.10. The molecule has 1 N–H and O–H groups in total. The van der Waals surface area contributed by atoms with E-state index in [9.17, 15) is 9.90 Å². The van der Waals surface area contributed by atoms with E-state index >= 15 is 0 Å². The van der Waals surface area contributed by atoms with Crippen LogP contribution in [0.4, 0.5) is 0 Å². The molecule has 229 valence electrons. The first-order chi connectivity index (χ1) is 19.4. The third-order valence-corrected chi connectivity index (χ3v) is 10.0. The van der Waals surface area contributed by atoms with Gasteiger partial charge in [-0.3, -0.25) is 4.79 Å². The largest absolute Gasteiger partial charge is 0 e. The quantitative estimate of drug-likeness (QED) is 0.0602. The molecule has 0 aliphatic heterocycles. The molecule has 4 rings (SSSR count). The first kappa shape index (κ1) is 36.1. The van der Waals surface area contributed by atoms with Gasteiger partial charge in [0.2, 0.25) is 0 Å². The van der Waals surface area contributed by atoms with E-state index in [1.807, 2.05) is 33.9 Å². The summed E-state index contributed by atoms with van der Waals surface area (Å²) in [7, 11) is 0. The zero-order valence-electron chi connectivity index (χ0n) is 26.7. The molecule has 0 amide bonds. The Hall–Kier alpha value is -2.10. The molecule has 2 aromatic carbocycles. The average molecular weight is 811 g/mol. The maximum Gasteiger partial charge on any atom is 0 e. The van der Waals surface area contributed by atoms with E-state index in [0.717, 1.165) is 53.3 Å². The Kier molecular flexibility index (Phi) is 13.8. The summed E-state index contributed by atoms with van der Waals surface area (Å²) in [5.41, 5.74) is 3.95. The second-order valence-electron chi connectivity index (χ2n) is 12.2. The number of aryl methyl sites for hydroxylation is 2. The first-order valence-electron chi connectivity index (χ1n) is 15.0. The normalized spacial score (nSPS) is 12.0. The topological polar surface area (TPSA) is 63.1 Å². The van der Waals surface area contributed by atoms with Crippen LogP contribution in [0.2, 0.25) is 0 Å². The number of carbonyl (C=O) groups excluding carboxylic acids is 1. The Bertz CT molecular complexity index is 1490. The number of hydrogen-bond donors (Lipinski definition) is 1. The number of aromatic nitrogens is 2. The molecule has 42 heavy (non-hydrogen) atoms. The van der Waals surface area contributed by atoms with Crippen LogP contribution in [0.3, 0.4) is 0 Å². The van der Waals surface area contributed by atoms with Crippen molar-refractivity contribution < 1.29 is 30.0 Å². The number of allylic oxidation sites excluding steroid dienone is 2. The van der Waals surface area contributed by atoms with Crippen LogP contribution in [0.5, 0.6) is 0 Å². The van der Waals surface area contributed by atoms with E-state index in [1.165, 1.54) is 32.4 Å². The summed E-state index contributed by atoms with van der Waals surface area (Å²) >= 11 is 0.294. The number of ketones is 1. The number of nitrogens with zero attached hydrogens (tertiary/aromatic N) is 2. The van der Waals surface area contributed by atoms with Gasteiger partial charge in [-0.25, -0.2) is 0 Å². The van der Waals surface area contributed by atoms with Crippen molar-refractivity contribution >= 4 is 42.0 Å². The average Bonchev–Trinajstić information content (AvgIpc) is 3.26. The predicted octanol–water partition coefficient (Wildman–Crippen LogP) is 9.38. The van der Waals surface area contributed by atoms with Gasteiger partial charge in [-0.1, -0.05) is 27.7 Å². The Morgan fingerprint density at radius 1 is 0.976 bits per heavy atom. The molecule has 0 fully saturated rings. The molecule has 0 aliphatic carbocycles. The van der Waals surface area contributed by atoms with Crippen LogP contribution in [-0.4, -0.2) is 35.4 Å². The Morgan fingerprint density at radius 3 is 2.14 bits per heavy atom. The molecule has 0 atom stereocenters. The van der Waals surface area contributed by atoms with E-state index in [1.54, 1.807) is 0 Å². The maximum absolute atomic E-state index is 11.7. The summed E-state index contributed by atoms with van der Waals surface area (Å²) in [6.45, 7) is 19.2. The van der Waals surface area contributed by atoms with Crippen LogP contribution >= 0.6 is 0 Å². The Labute approximate surface area is 272 Å². The van der Waals surface area contributed by atoms with Gasteiger partial charge in [-0.15, -0.1) is 0 Å². The number of rotatable bonds is 9. The summed E-state index contributed by atoms with van der Waals surface area (Å²) in [4.78, 5) is 21.3. The molecule has 4 aromatic rings. The fourth-order valence-corrected chi connectivity index (χ4v) is 7.00. The van der Waals surface area contributed by atoms with Gasteiger partial charge in [0.1, 0.15) is 0 Å². The maximum atomic E-state index is 11.7. The molecule has 2 heterocycles. The number of hydrogen-bond acceptors (Lipinski definition) is 4. The van der Waals surface area contributed by atoms with Gasteiger partial charge in [-0.05, 0) is 25.7 Å². The van der Waals surface area contributed by atoms with Gasteiger partial charge < -0.3 is 5.11 Å². The van der Waals surface area contributed by atoms with E-state index < -0.39 is 0 Å². The van der Waals surface area contributed by atoms with Crippen molar-refractivity contribution in [2.75, 3.05) is 0 Å². The van der Waals surface area contributed by atoms with E-state index in [4.69, 9.17) is 4.98 Å². The van der Waals surface area contributed by atoms with Crippen LogP contribution in [0, 0.1) is 37.2 Å². The van der Waals surface area contributed by atoms with E-state index in [0.29, 0.717) is 14.5 Å². The van der Waals surface area contributed by atoms with Crippen molar-refractivity contribution in [1.82, 2.24) is 9.97 Å². The van der Waals surface area contributed by atoms with Crippen molar-refractivity contribution in [1.29, 1.82) is 0 Å². The summed E-state index contributed by atoms with van der Waals surface area (Å²) in [5.74, 6) is 1.38. The number of benzene rings is 2. The van der Waals surface area contributed by atoms with Crippen molar-refractivity contribution in [3.8, 4) is 10.3 Å². The Balaban J connectivity index is 0.000000334. The fraction of sp³-hybridized carbons (Fsp3) is 0.472. The van der Waals surface area contributed by atoms with Gasteiger partial charge in [-0.2, -0.15) is 0 Å². The molecule has 0 bridgehead atoms. The molecule has 0 unspecified atom stereocenters. The second kappa shape index (κ2) is 16.1. The van der Waals surface area contributed by atoms with E-state index in [2.05, 4.69) is 76.0 Å². The zero-order chi connectivity index (χ0) is 30.3. The summed E-state index contributed by atoms with van der Waals surface area (Å²) in [5, 5.41) is 13.3. The molecular formula is C36H47IrN2O2Se-. The molecular weight excluding hydrogens is 764 g/mol. The molecule has 0 spiro atoms. The molecule has 2 aromatic heterocycles. The molecule has 6 heteroatoms. The summed E-state index contributed by atoms with van der Waals surface area (Å²) in [6, 6.07) is 14.6. The number of aliphatic hydroxyl groups is 1. The minimum absolute atomic E-state index is 0. The SMILES string of the molecule is CCC(CC)C(=O)/C=C(\O)C(CC)CC.Cc1[c-]c(-c2ncc3ccc4cc(CC(C)(C)C)ccc4c3n2)[se]c1C.[Ir]. The van der Waals surface area contributed by atoms with Crippen molar-refractivity contribution in [2.24, 2.45) is 17.3 Å². The number of aliphatic hydroxyl groups excluding tert-OH is 1. The van der Waals surface area contributed by atoms with Gasteiger partial charge in [0.15, 0.2) is 5.78 Å². The van der Waals surface area contributed by atoms with Crippen LogP contribution in [-0.2, 0) is 31.3 Å². The molecule has 1 radical (unpaired) electrons.